The molecule has 2 aromatic heterocycles. The molecule has 3 aromatic rings. The Hall–Kier alpha value is -3.26. The molecule has 3 heterocycles. The van der Waals surface area contributed by atoms with E-state index in [2.05, 4.69) is 19.9 Å². The molecule has 1 aliphatic rings. The summed E-state index contributed by atoms with van der Waals surface area (Å²) < 4.78 is 40.9. The lowest BCUT2D eigenvalue weighted by Gasteiger charge is -2.35. The van der Waals surface area contributed by atoms with E-state index in [1.807, 2.05) is 4.90 Å². The summed E-state index contributed by atoms with van der Waals surface area (Å²) in [5.41, 5.74) is 1.24. The van der Waals surface area contributed by atoms with Crippen LogP contribution in [0, 0.1) is 5.82 Å². The van der Waals surface area contributed by atoms with E-state index in [1.165, 1.54) is 16.4 Å². The Morgan fingerprint density at radius 3 is 2.42 bits per heavy atom. The number of amides is 1. The number of hydrogen-bond acceptors (Lipinski definition) is 9. The average Bonchev–Trinajstić information content (AvgIpc) is 2.93. The first-order valence-corrected chi connectivity index (χ1v) is 13.9. The lowest BCUT2D eigenvalue weighted by Crippen LogP contribution is -2.51. The van der Waals surface area contributed by atoms with E-state index in [1.54, 1.807) is 36.9 Å². The van der Waals surface area contributed by atoms with Crippen molar-refractivity contribution >= 4 is 34.0 Å². The quantitative estimate of drug-likeness (QED) is 0.212. The summed E-state index contributed by atoms with van der Waals surface area (Å²) >= 11 is 6.12. The second-order valence-electron chi connectivity index (χ2n) is 8.76. The third-order valence-electron chi connectivity index (χ3n) is 6.24. The zero-order valence-electron chi connectivity index (χ0n) is 20.4. The molecule has 0 spiro atoms. The van der Waals surface area contributed by atoms with Crippen molar-refractivity contribution in [3.05, 3.63) is 65.7 Å². The van der Waals surface area contributed by atoms with Crippen LogP contribution < -0.4 is 4.90 Å². The van der Waals surface area contributed by atoms with Crippen molar-refractivity contribution in [3.8, 4) is 11.1 Å². The summed E-state index contributed by atoms with van der Waals surface area (Å²) in [7, 11) is -3.76. The lowest BCUT2D eigenvalue weighted by atomic mass is 10.1. The highest BCUT2D eigenvalue weighted by Gasteiger charge is 2.32. The second kappa shape index (κ2) is 12.5. The fraction of sp³-hybridized carbons (Fsp3) is 0.375. The van der Waals surface area contributed by atoms with E-state index in [-0.39, 0.29) is 30.9 Å². The van der Waals surface area contributed by atoms with Crippen molar-refractivity contribution in [1.29, 1.82) is 0 Å². The molecule has 1 saturated heterocycles. The molecule has 1 N–H and O–H groups in total. The molecule has 14 heteroatoms. The number of halogens is 2. The number of nitrogens with zero attached hydrogens (tertiary/aromatic N) is 7. The molecular formula is C24H27ClFN7O4S. The number of anilines is 1. The summed E-state index contributed by atoms with van der Waals surface area (Å²) in [4.78, 5) is 30.1. The molecule has 0 saturated carbocycles. The first kappa shape index (κ1) is 27.8. The van der Waals surface area contributed by atoms with Gasteiger partial charge in [-0.3, -0.25) is 10.0 Å². The molecule has 1 amide bonds. The maximum atomic E-state index is 13.3. The van der Waals surface area contributed by atoms with Crippen LogP contribution in [-0.4, -0.2) is 87.3 Å². The Labute approximate surface area is 224 Å². The third kappa shape index (κ3) is 6.98. The van der Waals surface area contributed by atoms with Crippen LogP contribution in [0.4, 0.5) is 10.3 Å². The minimum Gasteiger partial charge on any atom is -0.338 e. The maximum Gasteiger partial charge on any atom is 0.233 e. The van der Waals surface area contributed by atoms with Crippen molar-refractivity contribution < 1.29 is 22.8 Å². The maximum absolute atomic E-state index is 13.3. The molecule has 0 aliphatic carbocycles. The Bertz CT molecular complexity index is 1330. The van der Waals surface area contributed by atoms with E-state index < -0.39 is 27.6 Å². The van der Waals surface area contributed by atoms with Gasteiger partial charge in [-0.25, -0.2) is 37.8 Å². The molecule has 1 unspecified atom stereocenters. The summed E-state index contributed by atoms with van der Waals surface area (Å²) in [6.45, 7) is 1.13. The van der Waals surface area contributed by atoms with Crippen LogP contribution in [0.2, 0.25) is 5.02 Å². The molecule has 202 valence electrons. The fourth-order valence-corrected chi connectivity index (χ4v) is 6.21. The lowest BCUT2D eigenvalue weighted by molar-refractivity contribution is -0.158. The number of carbonyl (C=O) groups excluding carboxylic acids is 1. The number of aromatic nitrogens is 4. The topological polar surface area (TPSA) is 133 Å². The van der Waals surface area contributed by atoms with Crippen LogP contribution in [0.25, 0.3) is 11.1 Å². The molecule has 11 nitrogen and oxygen atoms in total. The fourth-order valence-electron chi connectivity index (χ4n) is 4.19. The largest absolute Gasteiger partial charge is 0.338 e. The van der Waals surface area contributed by atoms with Gasteiger partial charge in [0, 0.05) is 68.5 Å². The molecule has 1 fully saturated rings. The Morgan fingerprint density at radius 2 is 1.79 bits per heavy atom. The summed E-state index contributed by atoms with van der Waals surface area (Å²) in [6.07, 6.45) is 7.90. The van der Waals surface area contributed by atoms with Crippen molar-refractivity contribution in [2.75, 3.05) is 36.8 Å². The van der Waals surface area contributed by atoms with Crippen LogP contribution in [0.15, 0.2) is 49.1 Å². The highest BCUT2D eigenvalue weighted by Crippen LogP contribution is 2.28. The monoisotopic (exact) mass is 563 g/mol. The third-order valence-corrected chi connectivity index (χ3v) is 8.51. The molecule has 4 rings (SSSR count). The number of aryl methyl sites for hydroxylation is 1. The van der Waals surface area contributed by atoms with Crippen molar-refractivity contribution in [2.45, 2.75) is 25.3 Å². The van der Waals surface area contributed by atoms with Gasteiger partial charge in [-0.2, -0.15) is 4.31 Å². The molecule has 38 heavy (non-hydrogen) atoms. The van der Waals surface area contributed by atoms with Crippen LogP contribution in [-0.2, 0) is 21.2 Å². The molecule has 1 aromatic carbocycles. The first-order chi connectivity index (χ1) is 18.3. The van der Waals surface area contributed by atoms with Gasteiger partial charge in [0.2, 0.25) is 22.4 Å². The van der Waals surface area contributed by atoms with Crippen LogP contribution in [0.1, 0.15) is 18.7 Å². The number of hydroxylamine groups is 2. The zero-order valence-corrected chi connectivity index (χ0v) is 22.0. The highest BCUT2D eigenvalue weighted by atomic mass is 35.5. The summed E-state index contributed by atoms with van der Waals surface area (Å²) in [5, 5.41) is 10.7. The predicted molar refractivity (Wildman–Crippen MR) is 138 cm³/mol. The van der Waals surface area contributed by atoms with Gasteiger partial charge in [-0.1, -0.05) is 11.6 Å². The van der Waals surface area contributed by atoms with Gasteiger partial charge in [0.05, 0.1) is 16.8 Å². The Balaban J connectivity index is 1.33. The van der Waals surface area contributed by atoms with Crippen LogP contribution in [0.5, 0.6) is 0 Å². The van der Waals surface area contributed by atoms with Gasteiger partial charge in [0.1, 0.15) is 11.6 Å². The number of sulfonamides is 1. The minimum absolute atomic E-state index is 0.203. The molecule has 0 bridgehead atoms. The van der Waals surface area contributed by atoms with E-state index in [9.17, 15) is 22.8 Å². The van der Waals surface area contributed by atoms with Crippen molar-refractivity contribution in [1.82, 2.24) is 29.3 Å². The van der Waals surface area contributed by atoms with Crippen LogP contribution in [0.3, 0.4) is 0 Å². The van der Waals surface area contributed by atoms with Gasteiger partial charge in [-0.15, -0.1) is 0 Å². The molecule has 1 atom stereocenters. The standard InChI is InChI=1S/C24H27ClFN7O4S/c25-22-13-19(26)5-6-21(22)18-14-29-24(30-15-18)31-9-11-32(12-10-31)38(36,37)16-20(33(35)17-34)3-1-4-23-27-7-2-8-28-23/h2,5-8,13-15,17,20,35H,1,3-4,9-12,16H2. The van der Waals surface area contributed by atoms with Crippen LogP contribution >= 0.6 is 11.6 Å². The Morgan fingerprint density at radius 1 is 1.11 bits per heavy atom. The molecule has 1 aliphatic heterocycles. The number of piperazine rings is 1. The number of hydrogen-bond donors (Lipinski definition) is 1. The van der Waals surface area contributed by atoms with E-state index >= 15 is 0 Å². The minimum atomic E-state index is -3.76. The van der Waals surface area contributed by atoms with E-state index in [4.69, 9.17) is 11.6 Å². The van der Waals surface area contributed by atoms with Gasteiger partial charge < -0.3 is 4.90 Å². The normalized spacial score (nSPS) is 15.3. The van der Waals surface area contributed by atoms with Gasteiger partial charge in [0.15, 0.2) is 0 Å². The van der Waals surface area contributed by atoms with Gasteiger partial charge in [0.25, 0.3) is 0 Å². The highest BCUT2D eigenvalue weighted by molar-refractivity contribution is 7.89. The van der Waals surface area contributed by atoms with Gasteiger partial charge in [-0.05, 0) is 37.1 Å². The SMILES string of the molecule is O=CN(O)C(CCCc1ncccn1)CS(=O)(=O)N1CCN(c2ncc(-c3ccc(F)cc3Cl)cn2)CC1. The number of benzene rings is 1. The predicted octanol–water partition coefficient (Wildman–Crippen LogP) is 2.42. The summed E-state index contributed by atoms with van der Waals surface area (Å²) in [5.74, 6) is 0.209. The second-order valence-corrected chi connectivity index (χ2v) is 11.2. The average molecular weight is 564 g/mol. The van der Waals surface area contributed by atoms with E-state index in [0.29, 0.717) is 53.9 Å². The van der Waals surface area contributed by atoms with E-state index in [0.717, 1.165) is 0 Å². The van der Waals surface area contributed by atoms with Gasteiger partial charge >= 0.3 is 0 Å². The molecule has 0 radical (unpaired) electrons. The Kier molecular flexibility index (Phi) is 9.15. The molecular weight excluding hydrogens is 537 g/mol. The number of rotatable bonds is 11. The van der Waals surface area contributed by atoms with Crippen molar-refractivity contribution in [2.24, 2.45) is 0 Å². The first-order valence-electron chi connectivity index (χ1n) is 12.0. The zero-order chi connectivity index (χ0) is 27.1. The van der Waals surface area contributed by atoms with Crippen molar-refractivity contribution in [3.63, 3.8) is 0 Å². The number of carbonyl (C=O) groups is 1. The smallest absolute Gasteiger partial charge is 0.233 e. The summed E-state index contributed by atoms with van der Waals surface area (Å²) in [6, 6.07) is 4.89.